The van der Waals surface area contributed by atoms with Gasteiger partial charge in [0.15, 0.2) is 0 Å². The van der Waals surface area contributed by atoms with E-state index in [1.54, 1.807) is 0 Å². The van der Waals surface area contributed by atoms with Crippen LogP contribution in [0.25, 0.3) is 0 Å². The number of H-pyrrole nitrogens is 1. The van der Waals surface area contributed by atoms with E-state index in [0.29, 0.717) is 0 Å². The van der Waals surface area contributed by atoms with Crippen LogP contribution in [0.3, 0.4) is 0 Å². The average Bonchev–Trinajstić information content (AvgIpc) is 2.99. The number of rotatable bonds is 6. The monoisotopic (exact) mass is 207 g/mol. The van der Waals surface area contributed by atoms with Crippen molar-refractivity contribution in [2.45, 2.75) is 45.6 Å². The van der Waals surface area contributed by atoms with Gasteiger partial charge in [-0.2, -0.15) is 5.10 Å². The molecule has 1 atom stereocenters. The van der Waals surface area contributed by atoms with Crippen molar-refractivity contribution in [2.75, 3.05) is 6.54 Å². The number of hydrogen-bond donors (Lipinski definition) is 2. The maximum absolute atomic E-state index is 4.03. The van der Waals surface area contributed by atoms with Crippen molar-refractivity contribution in [1.82, 2.24) is 15.5 Å². The summed E-state index contributed by atoms with van der Waals surface area (Å²) in [5.41, 5.74) is 2.57. The van der Waals surface area contributed by atoms with E-state index in [2.05, 4.69) is 29.4 Å². The van der Waals surface area contributed by atoms with E-state index in [1.165, 1.54) is 30.5 Å². The lowest BCUT2D eigenvalue weighted by atomic mass is 10.1. The van der Waals surface area contributed by atoms with Crippen LogP contribution in [0.2, 0.25) is 0 Å². The van der Waals surface area contributed by atoms with E-state index < -0.39 is 0 Å². The predicted molar refractivity (Wildman–Crippen MR) is 61.8 cm³/mol. The topological polar surface area (TPSA) is 40.7 Å². The molecule has 1 aromatic rings. The summed E-state index contributed by atoms with van der Waals surface area (Å²) in [7, 11) is 0. The van der Waals surface area contributed by atoms with Crippen molar-refractivity contribution in [3.05, 3.63) is 17.5 Å². The van der Waals surface area contributed by atoms with Crippen molar-refractivity contribution in [3.63, 3.8) is 0 Å². The molecule has 15 heavy (non-hydrogen) atoms. The maximum atomic E-state index is 4.03. The normalized spacial score (nSPS) is 18.0. The number of nitrogens with one attached hydrogen (secondary N) is 2. The molecule has 84 valence electrons. The molecule has 1 aromatic heterocycles. The molecule has 0 bridgehead atoms. The summed E-state index contributed by atoms with van der Waals surface area (Å²) >= 11 is 0. The largest absolute Gasteiger partial charge is 0.314 e. The number of nitrogens with zero attached hydrogens (tertiary/aromatic N) is 1. The van der Waals surface area contributed by atoms with Gasteiger partial charge in [0.1, 0.15) is 0 Å². The molecule has 3 heteroatoms. The second-order valence-electron chi connectivity index (χ2n) is 4.70. The van der Waals surface area contributed by atoms with E-state index in [4.69, 9.17) is 0 Å². The van der Waals surface area contributed by atoms with Crippen LogP contribution < -0.4 is 5.32 Å². The molecule has 0 aliphatic heterocycles. The smallest absolute Gasteiger partial charge is 0.0522 e. The number of aromatic amines is 1. The molecule has 1 aliphatic rings. The fraction of sp³-hybridized carbons (Fsp3) is 0.750. The lowest BCUT2D eigenvalue weighted by molar-refractivity contribution is 0.490. The minimum atomic E-state index is 0.718. The van der Waals surface area contributed by atoms with E-state index in [9.17, 15) is 0 Å². The van der Waals surface area contributed by atoms with Crippen LogP contribution in [-0.4, -0.2) is 22.8 Å². The lowest BCUT2D eigenvalue weighted by Gasteiger charge is -2.11. The highest BCUT2D eigenvalue weighted by molar-refractivity contribution is 5.14. The molecule has 2 rings (SSSR count). The second-order valence-corrected chi connectivity index (χ2v) is 4.70. The SMILES string of the molecule is Cc1[nH]ncc1CCCN[C@@H](C)C1CC1. The molecule has 3 nitrogen and oxygen atoms in total. The summed E-state index contributed by atoms with van der Waals surface area (Å²) in [6, 6.07) is 0.718. The Morgan fingerprint density at radius 2 is 2.40 bits per heavy atom. The van der Waals surface area contributed by atoms with Crippen LogP contribution in [-0.2, 0) is 6.42 Å². The van der Waals surface area contributed by atoms with Gasteiger partial charge < -0.3 is 5.32 Å². The minimum absolute atomic E-state index is 0.718. The van der Waals surface area contributed by atoms with Crippen molar-refractivity contribution in [2.24, 2.45) is 5.92 Å². The van der Waals surface area contributed by atoms with Gasteiger partial charge in [0.05, 0.1) is 6.20 Å². The number of aromatic nitrogens is 2. The summed E-state index contributed by atoms with van der Waals surface area (Å²) in [5, 5.41) is 10.6. The van der Waals surface area contributed by atoms with Gasteiger partial charge in [-0.1, -0.05) is 0 Å². The molecule has 0 spiro atoms. The van der Waals surface area contributed by atoms with Gasteiger partial charge in [-0.15, -0.1) is 0 Å². The van der Waals surface area contributed by atoms with Gasteiger partial charge in [0.2, 0.25) is 0 Å². The first kappa shape index (κ1) is 10.7. The molecule has 0 aromatic carbocycles. The molecule has 1 saturated carbocycles. The summed E-state index contributed by atoms with van der Waals surface area (Å²) in [5.74, 6) is 0.959. The highest BCUT2D eigenvalue weighted by Gasteiger charge is 2.26. The van der Waals surface area contributed by atoms with Crippen molar-refractivity contribution >= 4 is 0 Å². The second kappa shape index (κ2) is 4.79. The quantitative estimate of drug-likeness (QED) is 0.701. The Balaban J connectivity index is 1.60. The molecule has 0 radical (unpaired) electrons. The van der Waals surface area contributed by atoms with Crippen LogP contribution in [0.15, 0.2) is 6.20 Å². The Labute approximate surface area is 91.7 Å². The Bertz CT molecular complexity index is 302. The third-order valence-electron chi connectivity index (χ3n) is 3.35. The maximum Gasteiger partial charge on any atom is 0.0522 e. The van der Waals surface area contributed by atoms with Crippen molar-refractivity contribution in [3.8, 4) is 0 Å². The highest BCUT2D eigenvalue weighted by atomic mass is 15.1. The van der Waals surface area contributed by atoms with E-state index in [1.807, 2.05) is 6.20 Å². The van der Waals surface area contributed by atoms with Crippen molar-refractivity contribution in [1.29, 1.82) is 0 Å². The molecular formula is C12H21N3. The number of aryl methyl sites for hydroxylation is 2. The standard InChI is InChI=1S/C12H21N3/c1-9(11-5-6-11)13-7-3-4-12-8-14-15-10(12)2/h8-9,11,13H,3-7H2,1-2H3,(H,14,15)/t9-/m0/s1. The lowest BCUT2D eigenvalue weighted by Crippen LogP contribution is -2.28. The van der Waals surface area contributed by atoms with Crippen LogP contribution in [0.4, 0.5) is 0 Å². The van der Waals surface area contributed by atoms with Crippen LogP contribution >= 0.6 is 0 Å². The minimum Gasteiger partial charge on any atom is -0.314 e. The molecule has 0 unspecified atom stereocenters. The fourth-order valence-electron chi connectivity index (χ4n) is 2.00. The first-order chi connectivity index (χ1) is 7.27. The van der Waals surface area contributed by atoms with E-state index in [0.717, 1.165) is 24.9 Å². The predicted octanol–water partition coefficient (Wildman–Crippen LogP) is 2.04. The molecule has 0 amide bonds. The molecule has 2 N–H and O–H groups in total. The van der Waals surface area contributed by atoms with Gasteiger partial charge >= 0.3 is 0 Å². The number of hydrogen-bond acceptors (Lipinski definition) is 2. The molecule has 1 aliphatic carbocycles. The average molecular weight is 207 g/mol. The zero-order valence-corrected chi connectivity index (χ0v) is 9.71. The molecule has 1 heterocycles. The zero-order chi connectivity index (χ0) is 10.7. The van der Waals surface area contributed by atoms with Gasteiger partial charge in [0.25, 0.3) is 0 Å². The molecule has 1 fully saturated rings. The van der Waals surface area contributed by atoms with Gasteiger partial charge in [-0.25, -0.2) is 0 Å². The summed E-state index contributed by atoms with van der Waals surface area (Å²) in [6.07, 6.45) is 7.13. The van der Waals surface area contributed by atoms with Gasteiger partial charge in [-0.3, -0.25) is 5.10 Å². The van der Waals surface area contributed by atoms with E-state index in [-0.39, 0.29) is 0 Å². The summed E-state index contributed by atoms with van der Waals surface area (Å²) in [6.45, 7) is 5.52. The van der Waals surface area contributed by atoms with Crippen LogP contribution in [0.5, 0.6) is 0 Å². The fourth-order valence-corrected chi connectivity index (χ4v) is 2.00. The Hall–Kier alpha value is -0.830. The Morgan fingerprint density at radius 1 is 1.60 bits per heavy atom. The Morgan fingerprint density at radius 3 is 3.00 bits per heavy atom. The van der Waals surface area contributed by atoms with Crippen molar-refractivity contribution < 1.29 is 0 Å². The van der Waals surface area contributed by atoms with E-state index >= 15 is 0 Å². The first-order valence-corrected chi connectivity index (χ1v) is 5.99. The van der Waals surface area contributed by atoms with Crippen LogP contribution in [0.1, 0.15) is 37.4 Å². The van der Waals surface area contributed by atoms with Crippen LogP contribution in [0, 0.1) is 12.8 Å². The third-order valence-corrected chi connectivity index (χ3v) is 3.35. The molecular weight excluding hydrogens is 186 g/mol. The zero-order valence-electron chi connectivity index (χ0n) is 9.71. The first-order valence-electron chi connectivity index (χ1n) is 5.99. The van der Waals surface area contributed by atoms with Gasteiger partial charge in [-0.05, 0) is 57.6 Å². The van der Waals surface area contributed by atoms with Gasteiger partial charge in [0, 0.05) is 11.7 Å². The Kier molecular flexibility index (Phi) is 3.41. The summed E-state index contributed by atoms with van der Waals surface area (Å²) < 4.78 is 0. The third kappa shape index (κ3) is 3.06. The highest BCUT2D eigenvalue weighted by Crippen LogP contribution is 2.32. The molecule has 0 saturated heterocycles. The summed E-state index contributed by atoms with van der Waals surface area (Å²) in [4.78, 5) is 0.